The number of para-hydroxylation sites is 1. The van der Waals surface area contributed by atoms with E-state index in [1.54, 1.807) is 13.0 Å². The van der Waals surface area contributed by atoms with Gasteiger partial charge in [0.05, 0.1) is 0 Å². The van der Waals surface area contributed by atoms with Crippen LogP contribution in [0, 0.1) is 13.8 Å². The number of carbonyl (C=O) groups is 1. The maximum absolute atomic E-state index is 12.3. The monoisotopic (exact) mass is 327 g/mol. The molecule has 0 saturated carbocycles. The molecule has 0 unspecified atom stereocenters. The maximum Gasteiger partial charge on any atom is 0.270 e. The van der Waals surface area contributed by atoms with Crippen molar-refractivity contribution in [2.45, 2.75) is 20.3 Å². The molecule has 0 fully saturated rings. The summed E-state index contributed by atoms with van der Waals surface area (Å²) < 4.78 is 0. The van der Waals surface area contributed by atoms with Crippen molar-refractivity contribution in [3.05, 3.63) is 47.4 Å². The normalized spacial score (nSPS) is 10.7. The zero-order chi connectivity index (χ0) is 17.5. The number of aryl methyl sites for hydroxylation is 2. The zero-order valence-electron chi connectivity index (χ0n) is 14.8. The van der Waals surface area contributed by atoms with Gasteiger partial charge in [-0.05, 0) is 52.5 Å². The van der Waals surface area contributed by atoms with Crippen molar-refractivity contribution in [3.8, 4) is 0 Å². The summed E-state index contributed by atoms with van der Waals surface area (Å²) in [4.78, 5) is 23.0. The summed E-state index contributed by atoms with van der Waals surface area (Å²) in [5.74, 6) is 1.01. The fourth-order valence-corrected chi connectivity index (χ4v) is 2.29. The van der Waals surface area contributed by atoms with E-state index in [2.05, 4.69) is 25.5 Å². The minimum atomic E-state index is -0.174. The van der Waals surface area contributed by atoms with Crippen molar-refractivity contribution in [3.63, 3.8) is 0 Å². The van der Waals surface area contributed by atoms with E-state index in [1.165, 1.54) is 0 Å². The lowest BCUT2D eigenvalue weighted by Crippen LogP contribution is -2.28. The lowest BCUT2D eigenvalue weighted by atomic mass is 10.2. The Morgan fingerprint density at radius 1 is 1.17 bits per heavy atom. The third kappa shape index (κ3) is 5.31. The Bertz CT molecular complexity index is 700. The summed E-state index contributed by atoms with van der Waals surface area (Å²) in [5, 5.41) is 6.15. The summed E-state index contributed by atoms with van der Waals surface area (Å²) in [6.07, 6.45) is 0.900. The maximum atomic E-state index is 12.3. The quantitative estimate of drug-likeness (QED) is 0.765. The fraction of sp³-hybridized carbons (Fsp3) is 0.389. The zero-order valence-corrected chi connectivity index (χ0v) is 14.8. The van der Waals surface area contributed by atoms with Crippen LogP contribution >= 0.6 is 0 Å². The Balaban J connectivity index is 2.05. The molecular weight excluding hydrogens is 302 g/mol. The molecule has 0 aliphatic carbocycles. The third-order valence-corrected chi connectivity index (χ3v) is 3.55. The second kappa shape index (κ2) is 8.40. The van der Waals surface area contributed by atoms with E-state index in [4.69, 9.17) is 0 Å². The highest BCUT2D eigenvalue weighted by molar-refractivity contribution is 5.93. The molecule has 2 rings (SSSR count). The van der Waals surface area contributed by atoms with Crippen LogP contribution in [-0.4, -0.2) is 48.0 Å². The van der Waals surface area contributed by atoms with Crippen molar-refractivity contribution in [2.75, 3.05) is 32.5 Å². The molecule has 1 heterocycles. The van der Waals surface area contributed by atoms with E-state index >= 15 is 0 Å². The van der Waals surface area contributed by atoms with Gasteiger partial charge in [0, 0.05) is 18.3 Å². The van der Waals surface area contributed by atoms with Gasteiger partial charge in [-0.2, -0.15) is 0 Å². The summed E-state index contributed by atoms with van der Waals surface area (Å²) in [6, 6.07) is 9.63. The van der Waals surface area contributed by atoms with E-state index in [0.717, 1.165) is 24.2 Å². The molecule has 24 heavy (non-hydrogen) atoms. The van der Waals surface area contributed by atoms with Crippen molar-refractivity contribution >= 4 is 17.4 Å². The summed E-state index contributed by atoms with van der Waals surface area (Å²) in [6.45, 7) is 5.37. The molecule has 6 heteroatoms. The summed E-state index contributed by atoms with van der Waals surface area (Å²) >= 11 is 0. The molecule has 2 N–H and O–H groups in total. The van der Waals surface area contributed by atoms with Gasteiger partial charge < -0.3 is 15.5 Å². The molecule has 0 atom stereocenters. The molecule has 0 spiro atoms. The Morgan fingerprint density at radius 2 is 1.92 bits per heavy atom. The number of rotatable bonds is 7. The second-order valence-electron chi connectivity index (χ2n) is 6.04. The van der Waals surface area contributed by atoms with E-state index in [0.29, 0.717) is 23.9 Å². The van der Waals surface area contributed by atoms with Crippen LogP contribution < -0.4 is 10.6 Å². The van der Waals surface area contributed by atoms with Crippen molar-refractivity contribution in [2.24, 2.45) is 0 Å². The highest BCUT2D eigenvalue weighted by atomic mass is 16.1. The molecule has 1 aromatic carbocycles. The number of amides is 1. The molecule has 1 aromatic heterocycles. The van der Waals surface area contributed by atoms with Gasteiger partial charge in [0.2, 0.25) is 0 Å². The Morgan fingerprint density at radius 3 is 2.62 bits per heavy atom. The van der Waals surface area contributed by atoms with Gasteiger partial charge in [0.25, 0.3) is 5.91 Å². The van der Waals surface area contributed by atoms with Gasteiger partial charge in [-0.3, -0.25) is 4.79 Å². The summed E-state index contributed by atoms with van der Waals surface area (Å²) in [5.41, 5.74) is 2.46. The van der Waals surface area contributed by atoms with Crippen molar-refractivity contribution in [1.82, 2.24) is 20.2 Å². The van der Waals surface area contributed by atoms with Gasteiger partial charge in [0.15, 0.2) is 0 Å². The van der Waals surface area contributed by atoms with Crippen molar-refractivity contribution < 1.29 is 4.79 Å². The van der Waals surface area contributed by atoms with E-state index in [9.17, 15) is 4.79 Å². The second-order valence-corrected chi connectivity index (χ2v) is 6.04. The smallest absolute Gasteiger partial charge is 0.270 e. The molecule has 0 bridgehead atoms. The van der Waals surface area contributed by atoms with Crippen LogP contribution in [0.2, 0.25) is 0 Å². The molecule has 0 aliphatic heterocycles. The number of anilines is 2. The number of carbonyl (C=O) groups excluding carboxylic acids is 1. The van der Waals surface area contributed by atoms with E-state index < -0.39 is 0 Å². The topological polar surface area (TPSA) is 70.2 Å². The average Bonchev–Trinajstić information content (AvgIpc) is 2.53. The molecule has 1 amide bonds. The van der Waals surface area contributed by atoms with E-state index in [-0.39, 0.29) is 5.91 Å². The highest BCUT2D eigenvalue weighted by Gasteiger charge is 2.10. The molecule has 128 valence electrons. The molecule has 2 aromatic rings. The first-order valence-corrected chi connectivity index (χ1v) is 8.07. The number of aromatic nitrogens is 2. The molecular formula is C18H25N5O. The van der Waals surface area contributed by atoms with Gasteiger partial charge >= 0.3 is 0 Å². The summed E-state index contributed by atoms with van der Waals surface area (Å²) in [7, 11) is 4.03. The van der Waals surface area contributed by atoms with Gasteiger partial charge in [-0.1, -0.05) is 18.2 Å². The number of nitrogens with one attached hydrogen (secondary N) is 2. The Labute approximate surface area is 143 Å². The highest BCUT2D eigenvalue weighted by Crippen LogP contribution is 2.19. The third-order valence-electron chi connectivity index (χ3n) is 3.55. The molecule has 0 saturated heterocycles. The first-order valence-electron chi connectivity index (χ1n) is 8.07. The average molecular weight is 327 g/mol. The van der Waals surface area contributed by atoms with Crippen LogP contribution in [0.1, 0.15) is 28.3 Å². The predicted molar refractivity (Wildman–Crippen MR) is 96.7 cm³/mol. The fourth-order valence-electron chi connectivity index (χ4n) is 2.29. The van der Waals surface area contributed by atoms with Gasteiger partial charge in [0.1, 0.15) is 17.3 Å². The minimum absolute atomic E-state index is 0.174. The van der Waals surface area contributed by atoms with Crippen molar-refractivity contribution in [1.29, 1.82) is 0 Å². The predicted octanol–water partition coefficient (Wildman–Crippen LogP) is 2.52. The molecule has 6 nitrogen and oxygen atoms in total. The largest absolute Gasteiger partial charge is 0.351 e. The lowest BCUT2D eigenvalue weighted by molar-refractivity contribution is 0.0947. The van der Waals surface area contributed by atoms with Crippen LogP contribution in [0.4, 0.5) is 11.5 Å². The van der Waals surface area contributed by atoms with Crippen LogP contribution in [0.3, 0.4) is 0 Å². The first-order chi connectivity index (χ1) is 11.5. The van der Waals surface area contributed by atoms with Crippen LogP contribution in [0.15, 0.2) is 30.3 Å². The Kier molecular flexibility index (Phi) is 6.26. The minimum Gasteiger partial charge on any atom is -0.351 e. The van der Waals surface area contributed by atoms with Gasteiger partial charge in [-0.25, -0.2) is 9.97 Å². The van der Waals surface area contributed by atoms with Crippen LogP contribution in [-0.2, 0) is 0 Å². The molecule has 0 aliphatic rings. The lowest BCUT2D eigenvalue weighted by Gasteiger charge is -2.12. The van der Waals surface area contributed by atoms with Gasteiger partial charge in [-0.15, -0.1) is 0 Å². The number of hydrogen-bond acceptors (Lipinski definition) is 5. The molecule has 0 radical (unpaired) electrons. The number of benzene rings is 1. The Hall–Kier alpha value is -2.47. The number of nitrogens with zero attached hydrogens (tertiary/aromatic N) is 3. The number of hydrogen-bond donors (Lipinski definition) is 2. The SMILES string of the molecule is Cc1nc(Nc2ccccc2C)cc(C(=O)NCCCN(C)C)n1. The first kappa shape index (κ1) is 17.9. The standard InChI is InChI=1S/C18H25N5O/c1-13-8-5-6-9-15(13)22-17-12-16(20-14(2)21-17)18(24)19-10-7-11-23(3)4/h5-6,8-9,12H,7,10-11H2,1-4H3,(H,19,24)(H,20,21,22). The van der Waals surface area contributed by atoms with Crippen LogP contribution in [0.5, 0.6) is 0 Å². The van der Waals surface area contributed by atoms with Crippen LogP contribution in [0.25, 0.3) is 0 Å². The van der Waals surface area contributed by atoms with E-state index in [1.807, 2.05) is 45.3 Å².